The molecule has 0 spiro atoms. The fourth-order valence-corrected chi connectivity index (χ4v) is 3.43. The molecule has 0 aromatic heterocycles. The highest BCUT2D eigenvalue weighted by Gasteiger charge is 2.25. The molecule has 2 aliphatic heterocycles. The fourth-order valence-electron chi connectivity index (χ4n) is 2.52. The minimum absolute atomic E-state index is 0.0419. The molecule has 2 aliphatic rings. The van der Waals surface area contributed by atoms with Crippen LogP contribution < -0.4 is 15.5 Å². The van der Waals surface area contributed by atoms with E-state index in [9.17, 15) is 9.59 Å². The number of rotatable bonds is 3. The lowest BCUT2D eigenvalue weighted by molar-refractivity contribution is -0.122. The summed E-state index contributed by atoms with van der Waals surface area (Å²) in [7, 11) is 0. The number of fused-ring (bicyclic) bond motifs is 1. The lowest BCUT2D eigenvalue weighted by Crippen LogP contribution is -2.50. The van der Waals surface area contributed by atoms with E-state index in [1.165, 1.54) is 17.3 Å². The van der Waals surface area contributed by atoms with Gasteiger partial charge in [0.05, 0.1) is 5.75 Å². The van der Waals surface area contributed by atoms with Crippen molar-refractivity contribution in [3.05, 3.63) is 29.8 Å². The van der Waals surface area contributed by atoms with E-state index in [1.54, 1.807) is 0 Å². The van der Waals surface area contributed by atoms with Gasteiger partial charge in [-0.1, -0.05) is 18.2 Å². The molecule has 5 nitrogen and oxygen atoms in total. The largest absolute Gasteiger partial charge is 0.332 e. The lowest BCUT2D eigenvalue weighted by Gasteiger charge is -2.25. The first kappa shape index (κ1) is 13.5. The van der Waals surface area contributed by atoms with E-state index in [-0.39, 0.29) is 17.3 Å². The Kier molecular flexibility index (Phi) is 3.93. The summed E-state index contributed by atoms with van der Waals surface area (Å²) in [6.07, 6.45) is 1.43. The molecule has 1 saturated heterocycles. The van der Waals surface area contributed by atoms with Crippen molar-refractivity contribution in [3.8, 4) is 0 Å². The zero-order valence-corrected chi connectivity index (χ0v) is 11.9. The van der Waals surface area contributed by atoms with Gasteiger partial charge in [-0.05, 0) is 18.1 Å². The SMILES string of the molecule is O=C1CCNC(SCC(=O)N2CCc3ccccc32)N1. The third kappa shape index (κ3) is 2.81. The fraction of sp³-hybridized carbons (Fsp3) is 0.429. The third-order valence-electron chi connectivity index (χ3n) is 3.54. The van der Waals surface area contributed by atoms with Gasteiger partial charge in [-0.2, -0.15) is 0 Å². The second kappa shape index (κ2) is 5.85. The molecule has 0 aliphatic carbocycles. The molecule has 2 N–H and O–H groups in total. The molecule has 0 radical (unpaired) electrons. The first-order valence-electron chi connectivity index (χ1n) is 6.76. The van der Waals surface area contributed by atoms with Crippen molar-refractivity contribution < 1.29 is 9.59 Å². The van der Waals surface area contributed by atoms with Gasteiger partial charge in [0.15, 0.2) is 0 Å². The van der Waals surface area contributed by atoms with Crippen LogP contribution in [0.15, 0.2) is 24.3 Å². The van der Waals surface area contributed by atoms with Gasteiger partial charge in [0.25, 0.3) is 0 Å². The quantitative estimate of drug-likeness (QED) is 0.861. The average Bonchev–Trinajstić information content (AvgIpc) is 2.89. The maximum Gasteiger partial charge on any atom is 0.237 e. The summed E-state index contributed by atoms with van der Waals surface area (Å²) in [5.41, 5.74) is 2.10. The Hall–Kier alpha value is -1.53. The number of thioether (sulfide) groups is 1. The maximum absolute atomic E-state index is 12.3. The summed E-state index contributed by atoms with van der Waals surface area (Å²) < 4.78 is 0. The van der Waals surface area contributed by atoms with Crippen molar-refractivity contribution >= 4 is 29.3 Å². The van der Waals surface area contributed by atoms with E-state index >= 15 is 0 Å². The molecule has 1 aromatic rings. The Morgan fingerprint density at radius 2 is 2.20 bits per heavy atom. The number of nitrogens with zero attached hydrogens (tertiary/aromatic N) is 1. The summed E-state index contributed by atoms with van der Waals surface area (Å²) in [6, 6.07) is 8.02. The van der Waals surface area contributed by atoms with Crippen LogP contribution in [0.1, 0.15) is 12.0 Å². The number of benzene rings is 1. The highest BCUT2D eigenvalue weighted by atomic mass is 32.2. The van der Waals surface area contributed by atoms with Crippen LogP contribution >= 0.6 is 11.8 Å². The highest BCUT2D eigenvalue weighted by molar-refractivity contribution is 8.00. The second-order valence-electron chi connectivity index (χ2n) is 4.89. The summed E-state index contributed by atoms with van der Waals surface area (Å²) in [5, 5.41) is 6.00. The van der Waals surface area contributed by atoms with Crippen molar-refractivity contribution in [1.29, 1.82) is 0 Å². The minimum Gasteiger partial charge on any atom is -0.332 e. The molecule has 3 rings (SSSR count). The van der Waals surface area contributed by atoms with Crippen LogP contribution in [-0.4, -0.2) is 36.2 Å². The summed E-state index contributed by atoms with van der Waals surface area (Å²) >= 11 is 1.44. The smallest absolute Gasteiger partial charge is 0.237 e. The van der Waals surface area contributed by atoms with Gasteiger partial charge in [0.1, 0.15) is 5.50 Å². The van der Waals surface area contributed by atoms with Gasteiger partial charge in [0.2, 0.25) is 11.8 Å². The maximum atomic E-state index is 12.3. The number of anilines is 1. The molecular weight excluding hydrogens is 274 g/mol. The molecule has 1 unspecified atom stereocenters. The second-order valence-corrected chi connectivity index (χ2v) is 5.98. The number of para-hydroxylation sites is 1. The van der Waals surface area contributed by atoms with E-state index in [0.717, 1.165) is 18.7 Å². The van der Waals surface area contributed by atoms with E-state index in [1.807, 2.05) is 23.1 Å². The van der Waals surface area contributed by atoms with E-state index < -0.39 is 0 Å². The Labute approximate surface area is 122 Å². The molecule has 2 heterocycles. The number of hydrogen-bond donors (Lipinski definition) is 2. The predicted octanol–water partition coefficient (Wildman–Crippen LogP) is 0.702. The molecule has 20 heavy (non-hydrogen) atoms. The van der Waals surface area contributed by atoms with Crippen LogP contribution in [0.25, 0.3) is 0 Å². The van der Waals surface area contributed by atoms with Crippen LogP contribution in [0, 0.1) is 0 Å². The number of carbonyl (C=O) groups excluding carboxylic acids is 2. The minimum atomic E-state index is -0.155. The van der Waals surface area contributed by atoms with Gasteiger partial charge in [-0.15, -0.1) is 11.8 Å². The molecular formula is C14H17N3O2S. The zero-order valence-electron chi connectivity index (χ0n) is 11.1. The lowest BCUT2D eigenvalue weighted by atomic mass is 10.2. The summed E-state index contributed by atoms with van der Waals surface area (Å²) in [5.74, 6) is 0.508. The topological polar surface area (TPSA) is 61.4 Å². The van der Waals surface area contributed by atoms with Crippen molar-refractivity contribution in [2.24, 2.45) is 0 Å². The highest BCUT2D eigenvalue weighted by Crippen LogP contribution is 2.28. The normalized spacial score (nSPS) is 21.5. The summed E-state index contributed by atoms with van der Waals surface area (Å²) in [6.45, 7) is 1.42. The number of hydrogen-bond acceptors (Lipinski definition) is 4. The Morgan fingerprint density at radius 3 is 3.05 bits per heavy atom. The van der Waals surface area contributed by atoms with Crippen molar-refractivity contribution in [2.75, 3.05) is 23.7 Å². The van der Waals surface area contributed by atoms with Gasteiger partial charge in [-0.3, -0.25) is 14.9 Å². The molecule has 106 valence electrons. The van der Waals surface area contributed by atoms with E-state index in [4.69, 9.17) is 0 Å². The third-order valence-corrected chi connectivity index (χ3v) is 4.57. The molecule has 0 saturated carbocycles. The van der Waals surface area contributed by atoms with Crippen LogP contribution in [0.2, 0.25) is 0 Å². The van der Waals surface area contributed by atoms with Gasteiger partial charge in [-0.25, -0.2) is 0 Å². The van der Waals surface area contributed by atoms with Gasteiger partial charge >= 0.3 is 0 Å². The average molecular weight is 291 g/mol. The van der Waals surface area contributed by atoms with Crippen LogP contribution in [0.3, 0.4) is 0 Å². The number of carbonyl (C=O) groups is 2. The Bertz CT molecular complexity index is 535. The molecule has 6 heteroatoms. The van der Waals surface area contributed by atoms with E-state index in [0.29, 0.717) is 18.7 Å². The number of nitrogens with one attached hydrogen (secondary N) is 2. The number of amides is 2. The van der Waals surface area contributed by atoms with Crippen LogP contribution in [-0.2, 0) is 16.0 Å². The summed E-state index contributed by atoms with van der Waals surface area (Å²) in [4.78, 5) is 25.4. The Morgan fingerprint density at radius 1 is 1.35 bits per heavy atom. The standard InChI is InChI=1S/C14H17N3O2S/c18-12-5-7-15-14(16-12)20-9-13(19)17-8-6-10-3-1-2-4-11(10)17/h1-4,14-15H,5-9H2,(H,16,18). The van der Waals surface area contributed by atoms with Gasteiger partial charge in [0, 0.05) is 25.2 Å². The molecule has 1 atom stereocenters. The monoisotopic (exact) mass is 291 g/mol. The van der Waals surface area contributed by atoms with Crippen LogP contribution in [0.5, 0.6) is 0 Å². The van der Waals surface area contributed by atoms with Gasteiger partial charge < -0.3 is 10.2 Å². The molecule has 1 fully saturated rings. The van der Waals surface area contributed by atoms with Crippen molar-refractivity contribution in [3.63, 3.8) is 0 Å². The Balaban J connectivity index is 1.56. The van der Waals surface area contributed by atoms with Crippen molar-refractivity contribution in [1.82, 2.24) is 10.6 Å². The molecule has 2 amide bonds. The molecule has 1 aromatic carbocycles. The van der Waals surface area contributed by atoms with E-state index in [2.05, 4.69) is 16.7 Å². The first-order valence-corrected chi connectivity index (χ1v) is 7.81. The first-order chi connectivity index (χ1) is 9.74. The van der Waals surface area contributed by atoms with Crippen LogP contribution in [0.4, 0.5) is 5.69 Å². The van der Waals surface area contributed by atoms with Crippen molar-refractivity contribution in [2.45, 2.75) is 18.3 Å². The molecule has 0 bridgehead atoms. The zero-order chi connectivity index (χ0) is 13.9. The predicted molar refractivity (Wildman–Crippen MR) is 79.5 cm³/mol.